The second-order valence-corrected chi connectivity index (χ2v) is 6.32. The normalized spacial score (nSPS) is 34.1. The molecule has 0 heterocycles. The van der Waals surface area contributed by atoms with E-state index in [1.54, 1.807) is 19.3 Å². The molecule has 0 nitrogen and oxygen atoms in total. The number of hydrogen-bond acceptors (Lipinski definition) is 0. The van der Waals surface area contributed by atoms with Crippen molar-refractivity contribution < 1.29 is 0 Å². The van der Waals surface area contributed by atoms with E-state index < -0.39 is 0 Å². The summed E-state index contributed by atoms with van der Waals surface area (Å²) in [5.41, 5.74) is 0.793. The molecule has 2 atom stereocenters. The Bertz CT molecular complexity index is 198. The molecule has 94 valence electrons. The topological polar surface area (TPSA) is 0 Å². The van der Waals surface area contributed by atoms with Crippen LogP contribution in [-0.4, -0.2) is 0 Å². The molecule has 0 aliphatic heterocycles. The molecule has 0 saturated heterocycles. The smallest absolute Gasteiger partial charge is 0.0241 e. The fraction of sp³-hybridized carbons (Fsp3) is 1.00. The van der Waals surface area contributed by atoms with Crippen molar-refractivity contribution in [1.82, 2.24) is 0 Å². The highest BCUT2D eigenvalue weighted by Gasteiger charge is 2.46. The summed E-state index contributed by atoms with van der Waals surface area (Å²) in [6.45, 7) is 4.82. The highest BCUT2D eigenvalue weighted by molar-refractivity contribution is 4.96. The average molecular weight is 222 g/mol. The Hall–Kier alpha value is 0. The van der Waals surface area contributed by atoms with Crippen molar-refractivity contribution in [3.8, 4) is 0 Å². The quantitative estimate of drug-likeness (QED) is 0.586. The zero-order valence-corrected chi connectivity index (χ0v) is 11.4. The molecular formula is C16H30. The summed E-state index contributed by atoms with van der Waals surface area (Å²) in [5.74, 6) is 2.15. The van der Waals surface area contributed by atoms with Gasteiger partial charge in [0.25, 0.3) is 0 Å². The maximum Gasteiger partial charge on any atom is -0.0241 e. The largest absolute Gasteiger partial charge is 0.0654 e. The van der Waals surface area contributed by atoms with Gasteiger partial charge < -0.3 is 0 Å². The van der Waals surface area contributed by atoms with Gasteiger partial charge in [-0.05, 0) is 42.9 Å². The predicted molar refractivity (Wildman–Crippen MR) is 71.5 cm³/mol. The molecule has 2 unspecified atom stereocenters. The molecule has 0 aromatic carbocycles. The van der Waals surface area contributed by atoms with Gasteiger partial charge in [-0.1, -0.05) is 58.8 Å². The van der Waals surface area contributed by atoms with Gasteiger partial charge in [-0.15, -0.1) is 0 Å². The van der Waals surface area contributed by atoms with Crippen LogP contribution in [0.25, 0.3) is 0 Å². The van der Waals surface area contributed by atoms with Crippen LogP contribution >= 0.6 is 0 Å². The third-order valence-corrected chi connectivity index (χ3v) is 5.65. The zero-order chi connectivity index (χ0) is 11.4. The van der Waals surface area contributed by atoms with Crippen molar-refractivity contribution in [2.45, 2.75) is 84.5 Å². The van der Waals surface area contributed by atoms with Crippen LogP contribution in [0, 0.1) is 17.3 Å². The maximum atomic E-state index is 2.44. The van der Waals surface area contributed by atoms with Crippen LogP contribution in [0.2, 0.25) is 0 Å². The van der Waals surface area contributed by atoms with Crippen LogP contribution in [0.15, 0.2) is 0 Å². The van der Waals surface area contributed by atoms with Crippen molar-refractivity contribution in [2.24, 2.45) is 17.3 Å². The first-order chi connectivity index (χ1) is 7.83. The molecule has 1 spiro atoms. The van der Waals surface area contributed by atoms with E-state index in [1.807, 2.05) is 0 Å². The molecule has 2 aliphatic rings. The van der Waals surface area contributed by atoms with Gasteiger partial charge in [0.05, 0.1) is 0 Å². The fourth-order valence-corrected chi connectivity index (χ4v) is 4.94. The van der Waals surface area contributed by atoms with Gasteiger partial charge in [0.15, 0.2) is 0 Å². The molecular weight excluding hydrogens is 192 g/mol. The Kier molecular flexibility index (Phi) is 4.33. The Morgan fingerprint density at radius 1 is 0.875 bits per heavy atom. The highest BCUT2D eigenvalue weighted by atomic mass is 14.5. The van der Waals surface area contributed by atoms with Crippen LogP contribution < -0.4 is 0 Å². The summed E-state index contributed by atoms with van der Waals surface area (Å²) in [6, 6.07) is 0. The lowest BCUT2D eigenvalue weighted by molar-refractivity contribution is -0.0207. The van der Waals surface area contributed by atoms with Gasteiger partial charge in [0.2, 0.25) is 0 Å². The van der Waals surface area contributed by atoms with E-state index in [9.17, 15) is 0 Å². The summed E-state index contributed by atoms with van der Waals surface area (Å²) >= 11 is 0. The van der Waals surface area contributed by atoms with E-state index in [1.165, 1.54) is 51.4 Å². The van der Waals surface area contributed by atoms with Crippen LogP contribution in [0.1, 0.15) is 84.5 Å². The minimum absolute atomic E-state index is 0.793. The van der Waals surface area contributed by atoms with Gasteiger partial charge in [-0.3, -0.25) is 0 Å². The maximum absolute atomic E-state index is 2.44. The number of hydrogen-bond donors (Lipinski definition) is 0. The van der Waals surface area contributed by atoms with E-state index in [-0.39, 0.29) is 0 Å². The molecule has 0 aromatic rings. The summed E-state index contributed by atoms with van der Waals surface area (Å²) in [6.07, 6.45) is 16.7. The summed E-state index contributed by atoms with van der Waals surface area (Å²) in [5, 5.41) is 0. The molecule has 0 bridgehead atoms. The van der Waals surface area contributed by atoms with E-state index in [2.05, 4.69) is 13.8 Å². The third kappa shape index (κ3) is 2.17. The average Bonchev–Trinajstić information content (AvgIpc) is 2.33. The molecule has 0 aromatic heterocycles. The van der Waals surface area contributed by atoms with Crippen molar-refractivity contribution in [3.05, 3.63) is 0 Å². The van der Waals surface area contributed by atoms with E-state index in [4.69, 9.17) is 0 Å². The molecule has 16 heavy (non-hydrogen) atoms. The molecule has 0 N–H and O–H groups in total. The Morgan fingerprint density at radius 2 is 1.56 bits per heavy atom. The lowest BCUT2D eigenvalue weighted by Crippen LogP contribution is -2.42. The first-order valence-corrected chi connectivity index (χ1v) is 7.83. The molecule has 0 amide bonds. The van der Waals surface area contributed by atoms with Crippen LogP contribution in [0.3, 0.4) is 0 Å². The molecule has 2 rings (SSSR count). The molecule has 2 aliphatic carbocycles. The van der Waals surface area contributed by atoms with Gasteiger partial charge in [-0.2, -0.15) is 0 Å². The molecule has 0 radical (unpaired) electrons. The van der Waals surface area contributed by atoms with E-state index in [0.717, 1.165) is 17.3 Å². The second kappa shape index (κ2) is 5.56. The van der Waals surface area contributed by atoms with Crippen LogP contribution in [0.4, 0.5) is 0 Å². The van der Waals surface area contributed by atoms with E-state index >= 15 is 0 Å². The lowest BCUT2D eigenvalue weighted by Gasteiger charge is -2.52. The van der Waals surface area contributed by atoms with Crippen molar-refractivity contribution >= 4 is 0 Å². The van der Waals surface area contributed by atoms with E-state index in [0.29, 0.717) is 0 Å². The molecule has 0 heteroatoms. The molecule has 2 fully saturated rings. The van der Waals surface area contributed by atoms with Crippen molar-refractivity contribution in [3.63, 3.8) is 0 Å². The Balaban J connectivity index is 2.15. The highest BCUT2D eigenvalue weighted by Crippen LogP contribution is 2.56. The zero-order valence-electron chi connectivity index (χ0n) is 11.4. The third-order valence-electron chi connectivity index (χ3n) is 5.65. The Labute approximate surface area is 102 Å². The van der Waals surface area contributed by atoms with Crippen molar-refractivity contribution in [1.29, 1.82) is 0 Å². The Morgan fingerprint density at radius 3 is 2.19 bits per heavy atom. The fourth-order valence-electron chi connectivity index (χ4n) is 4.94. The van der Waals surface area contributed by atoms with Gasteiger partial charge in [0, 0.05) is 0 Å². The van der Waals surface area contributed by atoms with Gasteiger partial charge >= 0.3 is 0 Å². The SMILES string of the molecule is CCCC1CCCC(CC)C12CCCCC2. The predicted octanol–water partition coefficient (Wildman–Crippen LogP) is 5.56. The number of rotatable bonds is 3. The van der Waals surface area contributed by atoms with Crippen LogP contribution in [0.5, 0.6) is 0 Å². The monoisotopic (exact) mass is 222 g/mol. The summed E-state index contributed by atoms with van der Waals surface area (Å²) in [7, 11) is 0. The van der Waals surface area contributed by atoms with Crippen molar-refractivity contribution in [2.75, 3.05) is 0 Å². The molecule has 2 saturated carbocycles. The van der Waals surface area contributed by atoms with Gasteiger partial charge in [-0.25, -0.2) is 0 Å². The first-order valence-electron chi connectivity index (χ1n) is 7.83. The summed E-state index contributed by atoms with van der Waals surface area (Å²) in [4.78, 5) is 0. The minimum atomic E-state index is 0.793. The van der Waals surface area contributed by atoms with Crippen LogP contribution in [-0.2, 0) is 0 Å². The minimum Gasteiger partial charge on any atom is -0.0654 e. The standard InChI is InChI=1S/C16H30/c1-3-9-15-11-8-10-14(4-2)16(15)12-6-5-7-13-16/h14-15H,3-13H2,1-2H3. The lowest BCUT2D eigenvalue weighted by atomic mass is 9.53. The van der Waals surface area contributed by atoms with Gasteiger partial charge in [0.1, 0.15) is 0 Å². The summed E-state index contributed by atoms with van der Waals surface area (Å²) < 4.78 is 0. The first kappa shape index (κ1) is 12.5. The second-order valence-electron chi connectivity index (χ2n) is 6.32.